The van der Waals surface area contributed by atoms with Crippen molar-refractivity contribution < 1.29 is 30.7 Å². The summed E-state index contributed by atoms with van der Waals surface area (Å²) in [6.07, 6.45) is 3.40. The number of rotatable bonds is 7. The number of benzene rings is 2. The maximum atomic E-state index is 14.9. The first-order chi connectivity index (χ1) is 14.7. The van der Waals surface area contributed by atoms with Crippen LogP contribution in [0.4, 0.5) is 17.6 Å². The minimum Gasteiger partial charge on any atom is -0.293 e. The van der Waals surface area contributed by atoms with E-state index in [4.69, 9.17) is 0 Å². The molecule has 164 valence electrons. The molecule has 4 rings (SSSR count). The Morgan fingerprint density at radius 3 is 2.45 bits per heavy atom. The van der Waals surface area contributed by atoms with E-state index in [2.05, 4.69) is 4.74 Å². The van der Waals surface area contributed by atoms with Gasteiger partial charge in [-0.15, -0.1) is 0 Å². The van der Waals surface area contributed by atoms with E-state index in [9.17, 15) is 26.0 Å². The average Bonchev–Trinajstić information content (AvgIpc) is 3.55. The number of hydrogen-bond donors (Lipinski definition) is 1. The predicted molar refractivity (Wildman–Crippen MR) is 107 cm³/mol. The second kappa shape index (κ2) is 8.22. The van der Waals surface area contributed by atoms with Gasteiger partial charge >= 0.3 is 6.61 Å². The van der Waals surface area contributed by atoms with Crippen LogP contribution >= 0.6 is 0 Å². The molecule has 0 bridgehead atoms. The molecule has 31 heavy (non-hydrogen) atoms. The highest BCUT2D eigenvalue weighted by Gasteiger charge is 2.45. The van der Waals surface area contributed by atoms with E-state index in [1.54, 1.807) is 12.1 Å². The first kappa shape index (κ1) is 21.7. The number of halogens is 4. The number of hydrogen-bond acceptors (Lipinski definition) is 3. The lowest BCUT2D eigenvalue weighted by molar-refractivity contribution is -0.203. The third kappa shape index (κ3) is 4.73. The SMILES string of the molecule is O=S(=O)(NC1(OC(F)F)CC(c2cccc(F)c2)=CC=C1F)c1cccc(C2CC2)c1. The first-order valence-electron chi connectivity index (χ1n) is 9.61. The monoisotopic (exact) mass is 453 g/mol. The summed E-state index contributed by atoms with van der Waals surface area (Å²) in [5.74, 6) is -1.55. The smallest absolute Gasteiger partial charge is 0.293 e. The van der Waals surface area contributed by atoms with Crippen LogP contribution in [0.25, 0.3) is 5.57 Å². The van der Waals surface area contributed by atoms with Gasteiger partial charge in [0.25, 0.3) is 0 Å². The molecule has 2 aliphatic rings. The summed E-state index contributed by atoms with van der Waals surface area (Å²) in [6.45, 7) is -3.47. The van der Waals surface area contributed by atoms with Gasteiger partial charge in [0.15, 0.2) is 5.72 Å². The Hall–Kier alpha value is -2.49. The van der Waals surface area contributed by atoms with E-state index in [0.29, 0.717) is 5.56 Å². The van der Waals surface area contributed by atoms with Gasteiger partial charge in [-0.2, -0.15) is 13.5 Å². The van der Waals surface area contributed by atoms with E-state index in [0.717, 1.165) is 30.5 Å². The topological polar surface area (TPSA) is 55.4 Å². The molecule has 4 nitrogen and oxygen atoms in total. The summed E-state index contributed by atoms with van der Waals surface area (Å²) >= 11 is 0. The van der Waals surface area contributed by atoms with Crippen molar-refractivity contribution in [2.75, 3.05) is 0 Å². The van der Waals surface area contributed by atoms with Gasteiger partial charge in [-0.1, -0.05) is 30.3 Å². The molecule has 0 amide bonds. The first-order valence-corrected chi connectivity index (χ1v) is 11.1. The highest BCUT2D eigenvalue weighted by Crippen LogP contribution is 2.41. The van der Waals surface area contributed by atoms with Gasteiger partial charge in [-0.25, -0.2) is 17.2 Å². The summed E-state index contributed by atoms with van der Waals surface area (Å²) < 4.78 is 87.5. The molecule has 1 saturated carbocycles. The van der Waals surface area contributed by atoms with Gasteiger partial charge in [0.1, 0.15) is 11.6 Å². The molecule has 1 atom stereocenters. The molecule has 0 radical (unpaired) electrons. The van der Waals surface area contributed by atoms with Crippen molar-refractivity contribution in [3.63, 3.8) is 0 Å². The molecule has 0 saturated heterocycles. The Morgan fingerprint density at radius 1 is 1.03 bits per heavy atom. The molecule has 0 heterocycles. The van der Waals surface area contributed by atoms with Crippen LogP contribution in [0.3, 0.4) is 0 Å². The van der Waals surface area contributed by atoms with E-state index in [1.807, 2.05) is 4.72 Å². The van der Waals surface area contributed by atoms with Gasteiger partial charge in [0, 0.05) is 6.42 Å². The third-order valence-electron chi connectivity index (χ3n) is 5.26. The zero-order valence-electron chi connectivity index (χ0n) is 16.2. The number of allylic oxidation sites excluding steroid dienone is 2. The fourth-order valence-corrected chi connectivity index (χ4v) is 4.91. The molecule has 2 aromatic rings. The van der Waals surface area contributed by atoms with Crippen LogP contribution in [0.5, 0.6) is 0 Å². The average molecular weight is 453 g/mol. The standard InChI is InChI=1S/C22H19F4NO3S/c23-18-5-1-3-15(11-18)17-9-10-20(24)22(13-17,30-21(25)26)27-31(28,29)19-6-2-4-16(12-19)14-7-8-14/h1-6,9-12,14,21,27H,7-8,13H2. The Labute approximate surface area is 177 Å². The highest BCUT2D eigenvalue weighted by atomic mass is 32.2. The highest BCUT2D eigenvalue weighted by molar-refractivity contribution is 7.89. The molecule has 0 aliphatic heterocycles. The molecule has 0 spiro atoms. The van der Waals surface area contributed by atoms with E-state index >= 15 is 0 Å². The van der Waals surface area contributed by atoms with E-state index in [1.165, 1.54) is 36.4 Å². The molecular weight excluding hydrogens is 434 g/mol. The Bertz CT molecular complexity index is 1160. The van der Waals surface area contributed by atoms with Crippen molar-refractivity contribution in [1.29, 1.82) is 0 Å². The minimum absolute atomic E-state index is 0.177. The molecule has 9 heteroatoms. The van der Waals surface area contributed by atoms with Crippen LogP contribution in [0.15, 0.2) is 71.4 Å². The summed E-state index contributed by atoms with van der Waals surface area (Å²) in [6, 6.07) is 11.3. The van der Waals surface area contributed by atoms with Gasteiger partial charge in [-0.05, 0) is 65.8 Å². The second-order valence-electron chi connectivity index (χ2n) is 7.55. The molecule has 1 unspecified atom stereocenters. The largest absolute Gasteiger partial charge is 0.347 e. The van der Waals surface area contributed by atoms with Crippen LogP contribution in [0.2, 0.25) is 0 Å². The van der Waals surface area contributed by atoms with Crippen molar-refractivity contribution in [1.82, 2.24) is 4.72 Å². The Kier molecular flexibility index (Phi) is 5.76. The quantitative estimate of drug-likeness (QED) is 0.460. The van der Waals surface area contributed by atoms with Crippen LogP contribution in [-0.2, 0) is 14.8 Å². The fraction of sp³-hybridized carbons (Fsp3) is 0.273. The summed E-state index contributed by atoms with van der Waals surface area (Å²) in [4.78, 5) is -0.177. The lowest BCUT2D eigenvalue weighted by Gasteiger charge is -2.35. The molecule has 2 aromatic carbocycles. The van der Waals surface area contributed by atoms with Crippen molar-refractivity contribution in [3.05, 3.63) is 83.5 Å². The molecule has 2 aliphatic carbocycles. The fourth-order valence-electron chi connectivity index (χ4n) is 3.59. The van der Waals surface area contributed by atoms with Gasteiger partial charge in [0.05, 0.1) is 4.90 Å². The van der Waals surface area contributed by atoms with Crippen molar-refractivity contribution in [2.24, 2.45) is 0 Å². The molecule has 0 aromatic heterocycles. The van der Waals surface area contributed by atoms with Crippen molar-refractivity contribution in [2.45, 2.75) is 42.4 Å². The van der Waals surface area contributed by atoms with Crippen LogP contribution in [0, 0.1) is 5.82 Å². The lowest BCUT2D eigenvalue weighted by Crippen LogP contribution is -2.53. The molecular formula is C22H19F4NO3S. The summed E-state index contributed by atoms with van der Waals surface area (Å²) in [5.41, 5.74) is -1.33. The second-order valence-corrected chi connectivity index (χ2v) is 9.23. The summed E-state index contributed by atoms with van der Waals surface area (Å²) in [7, 11) is -4.43. The van der Waals surface area contributed by atoms with Gasteiger partial charge in [0.2, 0.25) is 10.0 Å². The molecule has 1 fully saturated rings. The van der Waals surface area contributed by atoms with Crippen LogP contribution in [-0.4, -0.2) is 20.8 Å². The number of sulfonamides is 1. The number of alkyl halides is 2. The van der Waals surface area contributed by atoms with E-state index in [-0.39, 0.29) is 16.4 Å². The third-order valence-corrected chi connectivity index (χ3v) is 6.73. The zero-order valence-corrected chi connectivity index (χ0v) is 17.0. The Balaban J connectivity index is 1.70. The minimum atomic E-state index is -4.43. The van der Waals surface area contributed by atoms with Crippen molar-refractivity contribution in [3.8, 4) is 0 Å². The molecule has 1 N–H and O–H groups in total. The van der Waals surface area contributed by atoms with Crippen molar-refractivity contribution >= 4 is 15.6 Å². The normalized spacial score (nSPS) is 21.7. The van der Waals surface area contributed by atoms with E-state index < -0.39 is 40.4 Å². The maximum absolute atomic E-state index is 14.9. The predicted octanol–water partition coefficient (Wildman–Crippen LogP) is 5.26. The lowest BCUT2D eigenvalue weighted by atomic mass is 9.91. The number of nitrogens with one attached hydrogen (secondary N) is 1. The maximum Gasteiger partial charge on any atom is 0.347 e. The van der Waals surface area contributed by atoms with Gasteiger partial charge < -0.3 is 0 Å². The van der Waals surface area contributed by atoms with Gasteiger partial charge in [-0.3, -0.25) is 4.74 Å². The van der Waals surface area contributed by atoms with Crippen LogP contribution in [0.1, 0.15) is 36.3 Å². The zero-order chi connectivity index (χ0) is 22.2. The Morgan fingerprint density at radius 2 is 1.77 bits per heavy atom. The van der Waals surface area contributed by atoms with Crippen LogP contribution < -0.4 is 4.72 Å². The summed E-state index contributed by atoms with van der Waals surface area (Å²) in [5, 5.41) is 0. The number of ether oxygens (including phenoxy) is 1.